The lowest BCUT2D eigenvalue weighted by molar-refractivity contribution is 0.0136. The molecule has 1 aliphatic rings. The Morgan fingerprint density at radius 1 is 1.42 bits per heavy atom. The summed E-state index contributed by atoms with van der Waals surface area (Å²) in [4.78, 5) is 10.5. The molecule has 1 fully saturated rings. The summed E-state index contributed by atoms with van der Waals surface area (Å²) in [6.07, 6.45) is 1.04. The predicted molar refractivity (Wildman–Crippen MR) is 76.5 cm³/mol. The fraction of sp³-hybridized carbons (Fsp3) is 0.500. The van der Waals surface area contributed by atoms with E-state index in [0.717, 1.165) is 54.6 Å². The van der Waals surface area contributed by atoms with Gasteiger partial charge in [-0.25, -0.2) is 4.98 Å². The number of hydrogen-bond donors (Lipinski definition) is 1. The third kappa shape index (κ3) is 2.61. The third-order valence-corrected chi connectivity index (χ3v) is 3.89. The summed E-state index contributed by atoms with van der Waals surface area (Å²) >= 11 is 6.02. The Morgan fingerprint density at radius 2 is 2.21 bits per heavy atom. The lowest BCUT2D eigenvalue weighted by atomic mass is 10.1. The number of imidazole rings is 1. The lowest BCUT2D eigenvalue weighted by Gasteiger charge is -2.32. The molecule has 2 heterocycles. The van der Waals surface area contributed by atoms with Crippen LogP contribution in [0.5, 0.6) is 0 Å². The van der Waals surface area contributed by atoms with Crippen molar-refractivity contribution < 1.29 is 4.74 Å². The van der Waals surface area contributed by atoms with Gasteiger partial charge in [0.2, 0.25) is 0 Å². The molecule has 0 radical (unpaired) electrons. The smallest absolute Gasteiger partial charge is 0.124 e. The van der Waals surface area contributed by atoms with Gasteiger partial charge in [-0.15, -0.1) is 0 Å². The van der Waals surface area contributed by atoms with E-state index in [-0.39, 0.29) is 0 Å². The molecule has 19 heavy (non-hydrogen) atoms. The number of nitrogens with one attached hydrogen (secondary N) is 1. The first-order chi connectivity index (χ1) is 9.28. The molecule has 0 bridgehead atoms. The monoisotopic (exact) mass is 279 g/mol. The predicted octanol–water partition coefficient (Wildman–Crippen LogP) is 3.00. The summed E-state index contributed by atoms with van der Waals surface area (Å²) in [6, 6.07) is 6.10. The molecule has 2 aromatic rings. The van der Waals surface area contributed by atoms with Crippen LogP contribution in [0.1, 0.15) is 25.2 Å². The van der Waals surface area contributed by atoms with Crippen molar-refractivity contribution in [2.24, 2.45) is 0 Å². The van der Waals surface area contributed by atoms with Gasteiger partial charge in [-0.3, -0.25) is 4.90 Å². The van der Waals surface area contributed by atoms with Crippen molar-refractivity contribution in [1.82, 2.24) is 14.9 Å². The number of morpholine rings is 1. The maximum atomic E-state index is 6.02. The van der Waals surface area contributed by atoms with Crippen molar-refractivity contribution in [1.29, 1.82) is 0 Å². The minimum atomic E-state index is 0.329. The molecule has 0 spiro atoms. The molecule has 0 saturated carbocycles. The zero-order valence-electron chi connectivity index (χ0n) is 11.0. The SMILES string of the molecule is CCC(c1nc2ccc(Cl)cc2[nH]1)N1CCOCC1. The van der Waals surface area contributed by atoms with E-state index in [1.54, 1.807) is 0 Å². The van der Waals surface area contributed by atoms with Crippen molar-refractivity contribution in [3.8, 4) is 0 Å². The van der Waals surface area contributed by atoms with E-state index >= 15 is 0 Å². The highest BCUT2D eigenvalue weighted by atomic mass is 35.5. The van der Waals surface area contributed by atoms with Crippen molar-refractivity contribution in [2.45, 2.75) is 19.4 Å². The number of nitrogens with zero attached hydrogens (tertiary/aromatic N) is 2. The molecule has 5 heteroatoms. The second-order valence-corrected chi connectivity index (χ2v) is 5.29. The first kappa shape index (κ1) is 12.9. The highest BCUT2D eigenvalue weighted by Gasteiger charge is 2.23. The first-order valence-electron chi connectivity index (χ1n) is 6.75. The Bertz CT molecular complexity index is 563. The average Bonchev–Trinajstić information content (AvgIpc) is 2.83. The minimum absolute atomic E-state index is 0.329. The summed E-state index contributed by atoms with van der Waals surface area (Å²) in [6.45, 7) is 5.75. The Kier molecular flexibility index (Phi) is 3.73. The summed E-state index contributed by atoms with van der Waals surface area (Å²) in [5.41, 5.74) is 1.99. The molecule has 0 amide bonds. The largest absolute Gasteiger partial charge is 0.379 e. The molecular weight excluding hydrogens is 262 g/mol. The number of hydrogen-bond acceptors (Lipinski definition) is 3. The Morgan fingerprint density at radius 3 is 2.95 bits per heavy atom. The number of ether oxygens (including phenoxy) is 1. The molecule has 1 aromatic carbocycles. The van der Waals surface area contributed by atoms with E-state index in [9.17, 15) is 0 Å². The van der Waals surface area contributed by atoms with Crippen LogP contribution in [0.2, 0.25) is 5.02 Å². The van der Waals surface area contributed by atoms with Crippen LogP contribution in [0.25, 0.3) is 11.0 Å². The zero-order chi connectivity index (χ0) is 13.2. The summed E-state index contributed by atoms with van der Waals surface area (Å²) < 4.78 is 5.42. The van der Waals surface area contributed by atoms with Crippen molar-refractivity contribution in [3.05, 3.63) is 29.0 Å². The van der Waals surface area contributed by atoms with Crippen molar-refractivity contribution in [2.75, 3.05) is 26.3 Å². The maximum Gasteiger partial charge on any atom is 0.124 e. The average molecular weight is 280 g/mol. The molecule has 4 nitrogen and oxygen atoms in total. The van der Waals surface area contributed by atoms with Gasteiger partial charge in [-0.05, 0) is 24.6 Å². The van der Waals surface area contributed by atoms with Gasteiger partial charge >= 0.3 is 0 Å². The molecule has 1 atom stereocenters. The molecular formula is C14H18ClN3O. The Hall–Kier alpha value is -1.10. The molecule has 1 aliphatic heterocycles. The zero-order valence-corrected chi connectivity index (χ0v) is 11.8. The van der Waals surface area contributed by atoms with E-state index in [1.165, 1.54) is 0 Å². The Balaban J connectivity index is 1.91. The standard InChI is InChI=1S/C14H18ClN3O/c1-2-13(18-5-7-19-8-6-18)14-16-11-4-3-10(15)9-12(11)17-14/h3-4,9,13H,2,5-8H2,1H3,(H,16,17). The number of rotatable bonds is 3. The van der Waals surface area contributed by atoms with Gasteiger partial charge < -0.3 is 9.72 Å². The molecule has 3 rings (SSSR count). The van der Waals surface area contributed by atoms with E-state index in [1.807, 2.05) is 18.2 Å². The van der Waals surface area contributed by atoms with Crippen LogP contribution in [-0.4, -0.2) is 41.2 Å². The van der Waals surface area contributed by atoms with E-state index in [0.29, 0.717) is 6.04 Å². The summed E-state index contributed by atoms with van der Waals surface area (Å²) in [5.74, 6) is 1.03. The van der Waals surface area contributed by atoms with Gasteiger partial charge in [-0.1, -0.05) is 18.5 Å². The van der Waals surface area contributed by atoms with Gasteiger partial charge in [0.15, 0.2) is 0 Å². The molecule has 102 valence electrons. The number of aromatic nitrogens is 2. The molecule has 1 saturated heterocycles. The van der Waals surface area contributed by atoms with Gasteiger partial charge in [0.25, 0.3) is 0 Å². The summed E-state index contributed by atoms with van der Waals surface area (Å²) in [7, 11) is 0. The van der Waals surface area contributed by atoms with Crippen LogP contribution in [0, 0.1) is 0 Å². The second-order valence-electron chi connectivity index (χ2n) is 4.86. The number of benzene rings is 1. The van der Waals surface area contributed by atoms with Crippen LogP contribution in [0.15, 0.2) is 18.2 Å². The highest BCUT2D eigenvalue weighted by molar-refractivity contribution is 6.31. The van der Waals surface area contributed by atoms with E-state index < -0.39 is 0 Å². The topological polar surface area (TPSA) is 41.2 Å². The molecule has 1 N–H and O–H groups in total. The van der Waals surface area contributed by atoms with E-state index in [4.69, 9.17) is 21.3 Å². The van der Waals surface area contributed by atoms with Gasteiger partial charge in [0, 0.05) is 18.1 Å². The lowest BCUT2D eigenvalue weighted by Crippen LogP contribution is -2.39. The number of H-pyrrole nitrogens is 1. The van der Waals surface area contributed by atoms with Crippen LogP contribution in [0.4, 0.5) is 0 Å². The fourth-order valence-electron chi connectivity index (χ4n) is 2.67. The van der Waals surface area contributed by atoms with Crippen LogP contribution >= 0.6 is 11.6 Å². The van der Waals surface area contributed by atoms with Gasteiger partial charge in [-0.2, -0.15) is 0 Å². The fourth-order valence-corrected chi connectivity index (χ4v) is 2.85. The number of fused-ring (bicyclic) bond motifs is 1. The Labute approximate surface area is 117 Å². The van der Waals surface area contributed by atoms with Crippen LogP contribution in [0.3, 0.4) is 0 Å². The number of halogens is 1. The number of aromatic amines is 1. The van der Waals surface area contributed by atoms with E-state index in [2.05, 4.69) is 16.8 Å². The minimum Gasteiger partial charge on any atom is -0.379 e. The molecule has 1 aromatic heterocycles. The van der Waals surface area contributed by atoms with Crippen LogP contribution < -0.4 is 0 Å². The van der Waals surface area contributed by atoms with Gasteiger partial charge in [0.05, 0.1) is 30.3 Å². The second kappa shape index (κ2) is 5.49. The van der Waals surface area contributed by atoms with Gasteiger partial charge in [0.1, 0.15) is 5.82 Å². The summed E-state index contributed by atoms with van der Waals surface area (Å²) in [5, 5.41) is 0.738. The highest BCUT2D eigenvalue weighted by Crippen LogP contribution is 2.26. The quantitative estimate of drug-likeness (QED) is 0.939. The first-order valence-corrected chi connectivity index (χ1v) is 7.12. The third-order valence-electron chi connectivity index (χ3n) is 3.65. The normalized spacial score (nSPS) is 18.8. The van der Waals surface area contributed by atoms with Crippen molar-refractivity contribution >= 4 is 22.6 Å². The maximum absolute atomic E-state index is 6.02. The molecule has 0 aliphatic carbocycles. The molecule has 1 unspecified atom stereocenters. The van der Waals surface area contributed by atoms with Crippen LogP contribution in [-0.2, 0) is 4.74 Å². The van der Waals surface area contributed by atoms with Crippen molar-refractivity contribution in [3.63, 3.8) is 0 Å².